The molecule has 0 saturated heterocycles. The van der Waals surface area contributed by atoms with Crippen molar-refractivity contribution in [2.45, 2.75) is 52.9 Å². The largest absolute Gasteiger partial charge is 0.319 e. The summed E-state index contributed by atoms with van der Waals surface area (Å²) in [5.41, 5.74) is 0.590. The van der Waals surface area contributed by atoms with E-state index < -0.39 is 0 Å². The molecule has 0 spiro atoms. The minimum atomic E-state index is 0.590. The zero-order valence-electron chi connectivity index (χ0n) is 12.2. The third kappa shape index (κ3) is 5.65. The van der Waals surface area contributed by atoms with E-state index in [4.69, 9.17) is 0 Å². The van der Waals surface area contributed by atoms with Crippen molar-refractivity contribution in [1.82, 2.24) is 5.32 Å². The molecule has 1 rings (SSSR count). The third-order valence-electron chi connectivity index (χ3n) is 4.21. The van der Waals surface area contributed by atoms with Crippen LogP contribution in [0.4, 0.5) is 0 Å². The van der Waals surface area contributed by atoms with Crippen molar-refractivity contribution in [3.8, 4) is 0 Å². The number of thioether (sulfide) groups is 1. The van der Waals surface area contributed by atoms with Crippen LogP contribution in [0.2, 0.25) is 0 Å². The van der Waals surface area contributed by atoms with E-state index in [0.29, 0.717) is 5.41 Å². The maximum Gasteiger partial charge on any atom is -0.00209 e. The van der Waals surface area contributed by atoms with E-state index in [1.54, 1.807) is 0 Å². The summed E-state index contributed by atoms with van der Waals surface area (Å²) in [6.07, 6.45) is 7.15. The molecule has 1 fully saturated rings. The maximum atomic E-state index is 3.39. The highest BCUT2D eigenvalue weighted by Crippen LogP contribution is 2.43. The lowest BCUT2D eigenvalue weighted by atomic mass is 9.66. The van der Waals surface area contributed by atoms with E-state index in [1.807, 2.05) is 0 Å². The van der Waals surface area contributed by atoms with Gasteiger partial charge >= 0.3 is 0 Å². The van der Waals surface area contributed by atoms with Crippen molar-refractivity contribution in [3.05, 3.63) is 0 Å². The third-order valence-corrected chi connectivity index (χ3v) is 5.19. The molecule has 17 heavy (non-hydrogen) atoms. The number of rotatable bonds is 7. The Hall–Kier alpha value is 0.310. The molecule has 0 radical (unpaired) electrons. The molecular weight excluding hydrogens is 226 g/mol. The summed E-state index contributed by atoms with van der Waals surface area (Å²) in [5, 5.41) is 3.39. The highest BCUT2D eigenvalue weighted by Gasteiger charge is 2.33. The minimum absolute atomic E-state index is 0.590. The van der Waals surface area contributed by atoms with Crippen molar-refractivity contribution in [1.29, 1.82) is 0 Å². The van der Waals surface area contributed by atoms with Gasteiger partial charge in [0.2, 0.25) is 0 Å². The maximum absolute atomic E-state index is 3.39. The molecule has 0 amide bonds. The van der Waals surface area contributed by atoms with E-state index >= 15 is 0 Å². The molecule has 0 bridgehead atoms. The molecule has 2 unspecified atom stereocenters. The first-order valence-electron chi connectivity index (χ1n) is 7.31. The Morgan fingerprint density at radius 2 is 2.06 bits per heavy atom. The predicted molar refractivity (Wildman–Crippen MR) is 80.8 cm³/mol. The molecule has 0 heterocycles. The second-order valence-corrected chi connectivity index (χ2v) is 7.72. The van der Waals surface area contributed by atoms with E-state index in [2.05, 4.69) is 44.9 Å². The summed E-state index contributed by atoms with van der Waals surface area (Å²) in [7, 11) is 2.10. The molecule has 2 atom stereocenters. The van der Waals surface area contributed by atoms with Gasteiger partial charge in [-0.25, -0.2) is 0 Å². The monoisotopic (exact) mass is 257 g/mol. The summed E-state index contributed by atoms with van der Waals surface area (Å²) < 4.78 is 0. The van der Waals surface area contributed by atoms with E-state index in [1.165, 1.54) is 50.2 Å². The topological polar surface area (TPSA) is 12.0 Å². The molecular formula is C15H31NS. The summed E-state index contributed by atoms with van der Waals surface area (Å²) in [6.45, 7) is 8.40. The fourth-order valence-electron chi connectivity index (χ4n) is 3.25. The summed E-state index contributed by atoms with van der Waals surface area (Å²) >= 11 is 2.10. The van der Waals surface area contributed by atoms with Crippen LogP contribution in [0.25, 0.3) is 0 Å². The van der Waals surface area contributed by atoms with Crippen LogP contribution in [0.15, 0.2) is 0 Å². The predicted octanol–water partition coefficient (Wildman–Crippen LogP) is 4.18. The van der Waals surface area contributed by atoms with Crippen molar-refractivity contribution < 1.29 is 0 Å². The molecule has 102 valence electrons. The van der Waals surface area contributed by atoms with Crippen LogP contribution in [-0.2, 0) is 0 Å². The SMILES string of the molecule is CCSCCCC1CC(C)(C)CCC1CNC. The lowest BCUT2D eigenvalue weighted by molar-refractivity contribution is 0.111. The zero-order valence-corrected chi connectivity index (χ0v) is 13.0. The number of hydrogen-bond acceptors (Lipinski definition) is 2. The van der Waals surface area contributed by atoms with Gasteiger partial charge in [0.25, 0.3) is 0 Å². The van der Waals surface area contributed by atoms with Gasteiger partial charge in [-0.3, -0.25) is 0 Å². The Labute approximate surface area is 113 Å². The van der Waals surface area contributed by atoms with Gasteiger partial charge in [-0.15, -0.1) is 0 Å². The Morgan fingerprint density at radius 3 is 2.71 bits per heavy atom. The van der Waals surface area contributed by atoms with Crippen LogP contribution in [0.3, 0.4) is 0 Å². The lowest BCUT2D eigenvalue weighted by Gasteiger charge is -2.41. The first-order valence-corrected chi connectivity index (χ1v) is 8.47. The van der Waals surface area contributed by atoms with Crippen molar-refractivity contribution in [2.24, 2.45) is 17.3 Å². The summed E-state index contributed by atoms with van der Waals surface area (Å²) in [6, 6.07) is 0. The molecule has 0 aromatic rings. The summed E-state index contributed by atoms with van der Waals surface area (Å²) in [5.74, 6) is 4.53. The van der Waals surface area contributed by atoms with Gasteiger partial charge in [-0.05, 0) is 74.5 Å². The normalized spacial score (nSPS) is 28.2. The van der Waals surface area contributed by atoms with Crippen LogP contribution in [-0.4, -0.2) is 25.1 Å². The second kappa shape index (κ2) is 7.68. The molecule has 1 saturated carbocycles. The molecule has 1 N–H and O–H groups in total. The smallest absolute Gasteiger partial charge is 0.00209 e. The quantitative estimate of drug-likeness (QED) is 0.687. The number of nitrogens with one attached hydrogen (secondary N) is 1. The first kappa shape index (κ1) is 15.4. The molecule has 1 nitrogen and oxygen atoms in total. The fraction of sp³-hybridized carbons (Fsp3) is 1.00. The number of hydrogen-bond donors (Lipinski definition) is 1. The van der Waals surface area contributed by atoms with E-state index in [0.717, 1.165) is 11.8 Å². The Balaban J connectivity index is 2.37. The average Bonchev–Trinajstić information content (AvgIpc) is 2.27. The minimum Gasteiger partial charge on any atom is -0.319 e. The Morgan fingerprint density at radius 1 is 1.29 bits per heavy atom. The van der Waals surface area contributed by atoms with Gasteiger partial charge < -0.3 is 5.32 Å². The molecule has 2 heteroatoms. The molecule has 0 aromatic carbocycles. The van der Waals surface area contributed by atoms with Gasteiger partial charge in [0.05, 0.1) is 0 Å². The Bertz CT molecular complexity index is 203. The molecule has 0 aromatic heterocycles. The van der Waals surface area contributed by atoms with Gasteiger partial charge in [0, 0.05) is 0 Å². The van der Waals surface area contributed by atoms with Gasteiger partial charge in [-0.1, -0.05) is 20.8 Å². The van der Waals surface area contributed by atoms with Crippen molar-refractivity contribution in [3.63, 3.8) is 0 Å². The van der Waals surface area contributed by atoms with Gasteiger partial charge in [-0.2, -0.15) is 11.8 Å². The summed E-state index contributed by atoms with van der Waals surface area (Å²) in [4.78, 5) is 0. The fourth-order valence-corrected chi connectivity index (χ4v) is 3.91. The van der Waals surface area contributed by atoms with Crippen LogP contribution < -0.4 is 5.32 Å². The first-order chi connectivity index (χ1) is 8.09. The lowest BCUT2D eigenvalue weighted by Crippen LogP contribution is -2.35. The average molecular weight is 257 g/mol. The Kier molecular flexibility index (Phi) is 6.94. The van der Waals surface area contributed by atoms with E-state index in [9.17, 15) is 0 Å². The van der Waals surface area contributed by atoms with Gasteiger partial charge in [0.1, 0.15) is 0 Å². The van der Waals surface area contributed by atoms with Crippen LogP contribution in [0.5, 0.6) is 0 Å². The highest BCUT2D eigenvalue weighted by atomic mass is 32.2. The van der Waals surface area contributed by atoms with Gasteiger partial charge in [0.15, 0.2) is 0 Å². The zero-order chi connectivity index (χ0) is 12.7. The van der Waals surface area contributed by atoms with Crippen LogP contribution >= 0.6 is 11.8 Å². The standard InChI is InChI=1S/C15H31NS/c1-5-17-10-6-7-13-11-15(2,3)9-8-14(13)12-16-4/h13-14,16H,5-12H2,1-4H3. The highest BCUT2D eigenvalue weighted by molar-refractivity contribution is 7.99. The molecule has 1 aliphatic carbocycles. The molecule has 1 aliphatic rings. The van der Waals surface area contributed by atoms with E-state index in [-0.39, 0.29) is 0 Å². The molecule has 0 aliphatic heterocycles. The van der Waals surface area contributed by atoms with Crippen LogP contribution in [0.1, 0.15) is 52.9 Å². The van der Waals surface area contributed by atoms with Crippen molar-refractivity contribution in [2.75, 3.05) is 25.1 Å². The van der Waals surface area contributed by atoms with Crippen LogP contribution in [0, 0.1) is 17.3 Å². The van der Waals surface area contributed by atoms with Crippen molar-refractivity contribution >= 4 is 11.8 Å². The second-order valence-electron chi connectivity index (χ2n) is 6.32.